The predicted molar refractivity (Wildman–Crippen MR) is 120 cm³/mol. The van der Waals surface area contributed by atoms with Crippen molar-refractivity contribution >= 4 is 43.1 Å². The molecule has 9 heteroatoms. The van der Waals surface area contributed by atoms with Crippen molar-refractivity contribution in [2.24, 2.45) is 5.92 Å². The summed E-state index contributed by atoms with van der Waals surface area (Å²) in [5.41, 5.74) is 2.08. The first-order chi connectivity index (χ1) is 14.4. The summed E-state index contributed by atoms with van der Waals surface area (Å²) in [6.07, 6.45) is 2.98. The lowest BCUT2D eigenvalue weighted by Gasteiger charge is -2.09. The van der Waals surface area contributed by atoms with Crippen molar-refractivity contribution in [2.75, 3.05) is 29.9 Å². The Labute approximate surface area is 179 Å². The number of nitrogens with one attached hydrogen (secondary N) is 2. The van der Waals surface area contributed by atoms with Crippen molar-refractivity contribution in [3.05, 3.63) is 52.7 Å². The van der Waals surface area contributed by atoms with Crippen LogP contribution in [0.5, 0.6) is 0 Å². The summed E-state index contributed by atoms with van der Waals surface area (Å²) in [6, 6.07) is 10.2. The van der Waals surface area contributed by atoms with E-state index in [-0.39, 0.29) is 23.3 Å². The Kier molecular flexibility index (Phi) is 6.01. The van der Waals surface area contributed by atoms with E-state index in [4.69, 9.17) is 0 Å². The van der Waals surface area contributed by atoms with Crippen LogP contribution in [0, 0.1) is 12.8 Å². The highest BCUT2D eigenvalue weighted by Crippen LogP contribution is 2.33. The zero-order valence-electron chi connectivity index (χ0n) is 16.7. The molecule has 2 aromatic heterocycles. The first kappa shape index (κ1) is 20.7. The minimum Gasteiger partial charge on any atom is -0.369 e. The highest BCUT2D eigenvalue weighted by Gasteiger charge is 2.28. The molecule has 1 aliphatic heterocycles. The number of amides is 1. The maximum Gasteiger partial charge on any atom is 0.261 e. The van der Waals surface area contributed by atoms with Crippen LogP contribution in [0.15, 0.2) is 36.7 Å². The Morgan fingerprint density at radius 3 is 2.77 bits per heavy atom. The second kappa shape index (κ2) is 8.69. The van der Waals surface area contributed by atoms with Crippen molar-refractivity contribution in [3.8, 4) is 0 Å². The van der Waals surface area contributed by atoms with Gasteiger partial charge in [0.1, 0.15) is 17.0 Å². The number of carbonyl (C=O) groups excluding carboxylic acids is 1. The zero-order chi connectivity index (χ0) is 21.1. The largest absolute Gasteiger partial charge is 0.369 e. The minimum absolute atomic E-state index is 0.0105. The molecule has 0 aliphatic carbocycles. The molecule has 1 amide bonds. The van der Waals surface area contributed by atoms with Crippen molar-refractivity contribution in [1.82, 2.24) is 15.3 Å². The number of aromatic nitrogens is 2. The molecule has 0 spiro atoms. The van der Waals surface area contributed by atoms with Crippen LogP contribution in [-0.4, -0.2) is 48.9 Å². The third-order valence-electron chi connectivity index (χ3n) is 5.36. The molecule has 158 valence electrons. The monoisotopic (exact) mass is 444 g/mol. The summed E-state index contributed by atoms with van der Waals surface area (Å²) < 4.78 is 23.2. The van der Waals surface area contributed by atoms with E-state index in [1.165, 1.54) is 23.2 Å². The van der Waals surface area contributed by atoms with Gasteiger partial charge in [-0.1, -0.05) is 30.3 Å². The van der Waals surface area contributed by atoms with Gasteiger partial charge in [-0.2, -0.15) is 0 Å². The number of fused-ring (bicyclic) bond motifs is 1. The van der Waals surface area contributed by atoms with Crippen LogP contribution in [0.4, 0.5) is 5.82 Å². The number of hydrogen-bond acceptors (Lipinski definition) is 7. The van der Waals surface area contributed by atoms with Gasteiger partial charge in [0.25, 0.3) is 5.91 Å². The number of nitrogens with zero attached hydrogens (tertiary/aromatic N) is 2. The van der Waals surface area contributed by atoms with Gasteiger partial charge >= 0.3 is 0 Å². The Morgan fingerprint density at radius 2 is 2.03 bits per heavy atom. The molecule has 3 heterocycles. The van der Waals surface area contributed by atoms with Crippen LogP contribution in [-0.2, 0) is 16.3 Å². The molecule has 1 saturated heterocycles. The van der Waals surface area contributed by atoms with Crippen molar-refractivity contribution < 1.29 is 13.2 Å². The van der Waals surface area contributed by atoms with Gasteiger partial charge in [-0.3, -0.25) is 4.79 Å². The Morgan fingerprint density at radius 1 is 1.23 bits per heavy atom. The number of rotatable bonds is 7. The van der Waals surface area contributed by atoms with Gasteiger partial charge in [0.15, 0.2) is 9.84 Å². The summed E-state index contributed by atoms with van der Waals surface area (Å²) in [6.45, 7) is 3.00. The molecule has 1 unspecified atom stereocenters. The second-order valence-electron chi connectivity index (χ2n) is 7.60. The number of sulfone groups is 1. The number of aryl methyl sites for hydroxylation is 1. The molecular formula is C21H24N4O3S2. The maximum atomic E-state index is 12.7. The number of anilines is 1. The molecule has 1 fully saturated rings. The highest BCUT2D eigenvalue weighted by atomic mass is 32.2. The topological polar surface area (TPSA) is 101 Å². The molecule has 7 nitrogen and oxygen atoms in total. The van der Waals surface area contributed by atoms with Gasteiger partial charge in [-0.05, 0) is 36.8 Å². The van der Waals surface area contributed by atoms with E-state index in [0.29, 0.717) is 17.8 Å². The standard InChI is InChI=1S/C21H24N4O3S2/c1-14-17-19(22-9-7-15-5-3-2-4-6-15)24-13-25-21(17)29-18(14)20(26)23-11-16-8-10-30(27,28)12-16/h2-6,13,16H,7-12H2,1H3,(H,23,26)(H,22,24,25). The molecule has 1 aliphatic rings. The molecule has 2 N–H and O–H groups in total. The second-order valence-corrected chi connectivity index (χ2v) is 10.8. The highest BCUT2D eigenvalue weighted by molar-refractivity contribution is 7.91. The summed E-state index contributed by atoms with van der Waals surface area (Å²) in [5.74, 6) is 0.896. The average molecular weight is 445 g/mol. The number of carbonyl (C=O) groups is 1. The first-order valence-corrected chi connectivity index (χ1v) is 12.6. The Hall–Kier alpha value is -2.52. The first-order valence-electron chi connectivity index (χ1n) is 9.93. The molecule has 4 rings (SSSR count). The zero-order valence-corrected chi connectivity index (χ0v) is 18.4. The lowest BCUT2D eigenvalue weighted by molar-refractivity contribution is 0.0952. The van der Waals surface area contributed by atoms with Crippen LogP contribution in [0.2, 0.25) is 0 Å². The summed E-state index contributed by atoms with van der Waals surface area (Å²) in [5, 5.41) is 7.14. The number of benzene rings is 1. The van der Waals surface area contributed by atoms with Crippen molar-refractivity contribution in [1.29, 1.82) is 0 Å². The normalized spacial score (nSPS) is 17.8. The van der Waals surface area contributed by atoms with Gasteiger partial charge < -0.3 is 10.6 Å². The molecular weight excluding hydrogens is 420 g/mol. The van der Waals surface area contributed by atoms with E-state index in [1.807, 2.05) is 25.1 Å². The fraction of sp³-hybridized carbons (Fsp3) is 0.381. The van der Waals surface area contributed by atoms with E-state index in [2.05, 4.69) is 32.7 Å². The summed E-state index contributed by atoms with van der Waals surface area (Å²) >= 11 is 1.34. The summed E-state index contributed by atoms with van der Waals surface area (Å²) in [7, 11) is -2.95. The molecule has 30 heavy (non-hydrogen) atoms. The maximum absolute atomic E-state index is 12.7. The van der Waals surface area contributed by atoms with E-state index in [1.54, 1.807) is 0 Å². The third kappa shape index (κ3) is 4.62. The fourth-order valence-electron chi connectivity index (χ4n) is 3.74. The minimum atomic E-state index is -2.95. The van der Waals surface area contributed by atoms with Crippen LogP contribution in [0.3, 0.4) is 0 Å². The van der Waals surface area contributed by atoms with Crippen LogP contribution >= 0.6 is 11.3 Å². The van der Waals surface area contributed by atoms with Gasteiger partial charge in [0.05, 0.1) is 21.8 Å². The number of hydrogen-bond donors (Lipinski definition) is 2. The van der Waals surface area contributed by atoms with Crippen LogP contribution < -0.4 is 10.6 Å². The molecule has 0 radical (unpaired) electrons. The Bertz CT molecular complexity index is 1160. The molecule has 3 aromatic rings. The van der Waals surface area contributed by atoms with Crippen molar-refractivity contribution in [3.63, 3.8) is 0 Å². The van der Waals surface area contributed by atoms with E-state index >= 15 is 0 Å². The van der Waals surface area contributed by atoms with Crippen LogP contribution in [0.25, 0.3) is 10.2 Å². The van der Waals surface area contributed by atoms with Crippen molar-refractivity contribution in [2.45, 2.75) is 19.8 Å². The van der Waals surface area contributed by atoms with Crippen LogP contribution in [0.1, 0.15) is 27.2 Å². The van der Waals surface area contributed by atoms with Gasteiger partial charge in [-0.25, -0.2) is 18.4 Å². The smallest absolute Gasteiger partial charge is 0.261 e. The molecule has 1 atom stereocenters. The van der Waals surface area contributed by atoms with E-state index < -0.39 is 9.84 Å². The lowest BCUT2D eigenvalue weighted by atomic mass is 10.1. The van der Waals surface area contributed by atoms with Gasteiger partial charge in [0, 0.05) is 13.1 Å². The van der Waals surface area contributed by atoms with E-state index in [0.717, 1.165) is 34.6 Å². The quantitative estimate of drug-likeness (QED) is 0.581. The third-order valence-corrected chi connectivity index (χ3v) is 8.40. The van der Waals surface area contributed by atoms with Gasteiger partial charge in [0.2, 0.25) is 0 Å². The lowest BCUT2D eigenvalue weighted by Crippen LogP contribution is -2.29. The fourth-order valence-corrected chi connectivity index (χ4v) is 6.67. The molecule has 0 bridgehead atoms. The predicted octanol–water partition coefficient (Wildman–Crippen LogP) is 2.82. The Balaban J connectivity index is 1.45. The number of thiophene rings is 1. The summed E-state index contributed by atoms with van der Waals surface area (Å²) in [4.78, 5) is 22.8. The SMILES string of the molecule is Cc1c(C(=O)NCC2CCS(=O)(=O)C2)sc2ncnc(NCCc3ccccc3)c12. The van der Waals surface area contributed by atoms with Gasteiger partial charge in [-0.15, -0.1) is 11.3 Å². The molecule has 1 aromatic carbocycles. The average Bonchev–Trinajstić information content (AvgIpc) is 3.26. The van der Waals surface area contributed by atoms with E-state index in [9.17, 15) is 13.2 Å². The molecule has 0 saturated carbocycles.